The third-order valence-electron chi connectivity index (χ3n) is 2.55. The average molecular weight is 140 g/mol. The third-order valence-corrected chi connectivity index (χ3v) is 2.55. The fourth-order valence-electron chi connectivity index (χ4n) is 1.66. The van der Waals surface area contributed by atoms with Crippen molar-refractivity contribution in [1.82, 2.24) is 4.90 Å². The van der Waals surface area contributed by atoms with Crippen LogP contribution in [0.15, 0.2) is 0 Å². The zero-order valence-electron chi connectivity index (χ0n) is 7.14. The SMILES string of the molecule is [CH2]C1CCC(N(C)C)CC1. The summed E-state index contributed by atoms with van der Waals surface area (Å²) in [7, 11) is 4.35. The Hall–Kier alpha value is -0.0400. The van der Waals surface area contributed by atoms with Crippen LogP contribution in [0, 0.1) is 12.8 Å². The van der Waals surface area contributed by atoms with Gasteiger partial charge in [0.15, 0.2) is 0 Å². The van der Waals surface area contributed by atoms with E-state index in [4.69, 9.17) is 0 Å². The van der Waals surface area contributed by atoms with Gasteiger partial charge in [-0.2, -0.15) is 0 Å². The van der Waals surface area contributed by atoms with Gasteiger partial charge < -0.3 is 4.90 Å². The first-order chi connectivity index (χ1) is 4.70. The molecule has 1 nitrogen and oxygen atoms in total. The minimum absolute atomic E-state index is 0.733. The van der Waals surface area contributed by atoms with Crippen molar-refractivity contribution < 1.29 is 0 Å². The molecule has 1 fully saturated rings. The summed E-state index contributed by atoms with van der Waals surface area (Å²) in [6.07, 6.45) is 5.34. The molecule has 0 bridgehead atoms. The van der Waals surface area contributed by atoms with Crippen LogP contribution in [0.3, 0.4) is 0 Å². The minimum Gasteiger partial charge on any atom is -0.306 e. The molecule has 1 aliphatic rings. The Balaban J connectivity index is 2.26. The molecule has 0 N–H and O–H groups in total. The summed E-state index contributed by atoms with van der Waals surface area (Å²) in [6, 6.07) is 0.831. The van der Waals surface area contributed by atoms with Gasteiger partial charge in [-0.25, -0.2) is 0 Å². The van der Waals surface area contributed by atoms with Crippen molar-refractivity contribution >= 4 is 0 Å². The molecule has 1 aliphatic carbocycles. The van der Waals surface area contributed by atoms with Gasteiger partial charge in [0.05, 0.1) is 0 Å². The van der Waals surface area contributed by atoms with Crippen LogP contribution in [0.5, 0.6) is 0 Å². The monoisotopic (exact) mass is 140 g/mol. The second kappa shape index (κ2) is 3.38. The number of rotatable bonds is 1. The Morgan fingerprint density at radius 2 is 1.60 bits per heavy atom. The van der Waals surface area contributed by atoms with Crippen LogP contribution in [0.4, 0.5) is 0 Å². The van der Waals surface area contributed by atoms with E-state index in [2.05, 4.69) is 25.9 Å². The zero-order chi connectivity index (χ0) is 7.56. The summed E-state index contributed by atoms with van der Waals surface area (Å²) in [4.78, 5) is 2.34. The van der Waals surface area contributed by atoms with Crippen LogP contribution in [0.1, 0.15) is 25.7 Å². The summed E-state index contributed by atoms with van der Waals surface area (Å²) in [5, 5.41) is 0. The van der Waals surface area contributed by atoms with Crippen LogP contribution in [0.25, 0.3) is 0 Å². The van der Waals surface area contributed by atoms with Crippen molar-refractivity contribution in [3.8, 4) is 0 Å². The van der Waals surface area contributed by atoms with E-state index in [-0.39, 0.29) is 0 Å². The molecule has 1 saturated carbocycles. The lowest BCUT2D eigenvalue weighted by atomic mass is 9.87. The van der Waals surface area contributed by atoms with Gasteiger partial charge in [-0.1, -0.05) is 6.92 Å². The lowest BCUT2D eigenvalue weighted by Gasteiger charge is -2.30. The molecule has 10 heavy (non-hydrogen) atoms. The van der Waals surface area contributed by atoms with E-state index in [1.54, 1.807) is 0 Å². The molecule has 0 aliphatic heterocycles. The maximum absolute atomic E-state index is 4.07. The molecule has 0 spiro atoms. The van der Waals surface area contributed by atoms with Gasteiger partial charge in [0, 0.05) is 6.04 Å². The highest BCUT2D eigenvalue weighted by atomic mass is 15.1. The van der Waals surface area contributed by atoms with E-state index in [0.717, 1.165) is 12.0 Å². The summed E-state index contributed by atoms with van der Waals surface area (Å²) in [5.74, 6) is 0.733. The molecule has 1 radical (unpaired) electrons. The molecule has 1 rings (SSSR count). The summed E-state index contributed by atoms with van der Waals surface area (Å²) in [5.41, 5.74) is 0. The maximum atomic E-state index is 4.07. The molecular weight excluding hydrogens is 122 g/mol. The predicted octanol–water partition coefficient (Wildman–Crippen LogP) is 1.94. The van der Waals surface area contributed by atoms with Crippen molar-refractivity contribution in [2.75, 3.05) is 14.1 Å². The molecule has 0 aromatic carbocycles. The van der Waals surface area contributed by atoms with Crippen molar-refractivity contribution in [1.29, 1.82) is 0 Å². The van der Waals surface area contributed by atoms with E-state index in [1.807, 2.05) is 0 Å². The smallest absolute Gasteiger partial charge is 0.00893 e. The molecular formula is C9H18N. The van der Waals surface area contributed by atoms with Gasteiger partial charge in [-0.05, 0) is 45.7 Å². The van der Waals surface area contributed by atoms with Crippen molar-refractivity contribution in [3.05, 3.63) is 6.92 Å². The first-order valence-electron chi connectivity index (χ1n) is 4.19. The van der Waals surface area contributed by atoms with E-state index >= 15 is 0 Å². The Kier molecular flexibility index (Phi) is 2.72. The molecule has 0 aromatic rings. The molecule has 59 valence electrons. The molecule has 0 saturated heterocycles. The number of hydrogen-bond acceptors (Lipinski definition) is 1. The zero-order valence-corrected chi connectivity index (χ0v) is 7.14. The van der Waals surface area contributed by atoms with Crippen LogP contribution < -0.4 is 0 Å². The van der Waals surface area contributed by atoms with Crippen LogP contribution in [0.2, 0.25) is 0 Å². The van der Waals surface area contributed by atoms with Gasteiger partial charge in [0.25, 0.3) is 0 Å². The fourth-order valence-corrected chi connectivity index (χ4v) is 1.66. The fraction of sp³-hybridized carbons (Fsp3) is 0.889. The molecule has 1 heteroatoms. The van der Waals surface area contributed by atoms with E-state index in [1.165, 1.54) is 25.7 Å². The second-order valence-corrected chi connectivity index (χ2v) is 3.64. The minimum atomic E-state index is 0.733. The van der Waals surface area contributed by atoms with Gasteiger partial charge >= 0.3 is 0 Å². The van der Waals surface area contributed by atoms with Crippen molar-refractivity contribution in [2.24, 2.45) is 5.92 Å². The lowest BCUT2D eigenvalue weighted by molar-refractivity contribution is 0.208. The van der Waals surface area contributed by atoms with Crippen molar-refractivity contribution in [3.63, 3.8) is 0 Å². The van der Waals surface area contributed by atoms with Gasteiger partial charge in [0.2, 0.25) is 0 Å². The largest absolute Gasteiger partial charge is 0.306 e. The lowest BCUT2D eigenvalue weighted by Crippen LogP contribution is -2.31. The normalized spacial score (nSPS) is 34.8. The molecule has 0 heterocycles. The standard InChI is InChI=1S/C9H18N/c1-8-4-6-9(7-5-8)10(2)3/h8-9H,1,4-7H2,2-3H3. The van der Waals surface area contributed by atoms with Crippen LogP contribution in [-0.4, -0.2) is 25.0 Å². The van der Waals surface area contributed by atoms with Crippen LogP contribution >= 0.6 is 0 Å². The Morgan fingerprint density at radius 3 is 2.00 bits per heavy atom. The summed E-state index contributed by atoms with van der Waals surface area (Å²) >= 11 is 0. The molecule has 0 amide bonds. The van der Waals surface area contributed by atoms with E-state index in [9.17, 15) is 0 Å². The first-order valence-corrected chi connectivity index (χ1v) is 4.19. The summed E-state index contributed by atoms with van der Waals surface area (Å²) in [6.45, 7) is 4.07. The highest BCUT2D eigenvalue weighted by Crippen LogP contribution is 2.25. The van der Waals surface area contributed by atoms with Gasteiger partial charge in [-0.15, -0.1) is 0 Å². The van der Waals surface area contributed by atoms with Gasteiger partial charge in [0.1, 0.15) is 0 Å². The summed E-state index contributed by atoms with van der Waals surface area (Å²) < 4.78 is 0. The predicted molar refractivity (Wildman–Crippen MR) is 44.8 cm³/mol. The van der Waals surface area contributed by atoms with Crippen LogP contribution in [-0.2, 0) is 0 Å². The Bertz CT molecular complexity index is 90.9. The molecule has 0 unspecified atom stereocenters. The topological polar surface area (TPSA) is 3.24 Å². The molecule has 0 atom stereocenters. The second-order valence-electron chi connectivity index (χ2n) is 3.64. The Morgan fingerprint density at radius 1 is 1.10 bits per heavy atom. The third kappa shape index (κ3) is 1.98. The highest BCUT2D eigenvalue weighted by molar-refractivity contribution is 4.77. The van der Waals surface area contributed by atoms with E-state index in [0.29, 0.717) is 0 Å². The van der Waals surface area contributed by atoms with E-state index < -0.39 is 0 Å². The quantitative estimate of drug-likeness (QED) is 0.538. The maximum Gasteiger partial charge on any atom is 0.00893 e. The Labute approximate surface area is 64.4 Å². The van der Waals surface area contributed by atoms with Gasteiger partial charge in [-0.3, -0.25) is 0 Å². The number of hydrogen-bond donors (Lipinski definition) is 0. The first kappa shape index (κ1) is 8.06. The highest BCUT2D eigenvalue weighted by Gasteiger charge is 2.18. The molecule has 0 aromatic heterocycles. The van der Waals surface area contributed by atoms with Crippen molar-refractivity contribution in [2.45, 2.75) is 31.7 Å². The average Bonchev–Trinajstić information content (AvgIpc) is 1.88. The number of nitrogens with zero attached hydrogens (tertiary/aromatic N) is 1.